The van der Waals surface area contributed by atoms with Crippen molar-refractivity contribution >= 4 is 16.0 Å². The summed E-state index contributed by atoms with van der Waals surface area (Å²) in [5, 5.41) is 3.45. The summed E-state index contributed by atoms with van der Waals surface area (Å²) in [5.74, 6) is -0.538. The van der Waals surface area contributed by atoms with Gasteiger partial charge < -0.3 is 4.74 Å². The van der Waals surface area contributed by atoms with E-state index in [4.69, 9.17) is 4.74 Å². The fourth-order valence-electron chi connectivity index (χ4n) is 4.48. The Hall–Kier alpha value is -3.78. The fourth-order valence-corrected chi connectivity index (χ4v) is 5.78. The largest absolute Gasteiger partial charge is 0.465 e. The summed E-state index contributed by atoms with van der Waals surface area (Å²) < 4.78 is 35.9. The molecule has 38 heavy (non-hydrogen) atoms. The second-order valence-corrected chi connectivity index (χ2v) is 10.7. The van der Waals surface area contributed by atoms with E-state index in [1.54, 1.807) is 25.1 Å². The molecule has 6 nitrogen and oxygen atoms in total. The van der Waals surface area contributed by atoms with Crippen molar-refractivity contribution in [1.29, 1.82) is 0 Å². The standard InChI is InChI=1S/C31H32N2O4S/c1-2-37-30(34)31(23-25-15-7-3-8-16-25,32-24-26-17-9-4-10-18-26)29(27-19-11-5-12-20-27)33-38(35,36)28-21-13-6-14-22-28/h3-22,29,32-33H,2,23-24H2,1H3/t29-,31+/m1/s1. The number of carbonyl (C=O) groups is 1. The lowest BCUT2D eigenvalue weighted by molar-refractivity contribution is -0.152. The van der Waals surface area contributed by atoms with Crippen LogP contribution in [0.3, 0.4) is 0 Å². The van der Waals surface area contributed by atoms with Crippen LogP contribution in [0.5, 0.6) is 0 Å². The number of benzene rings is 4. The quantitative estimate of drug-likeness (QED) is 0.252. The van der Waals surface area contributed by atoms with Crippen molar-refractivity contribution in [3.8, 4) is 0 Å². The van der Waals surface area contributed by atoms with Crippen LogP contribution in [0.15, 0.2) is 126 Å². The van der Waals surface area contributed by atoms with Gasteiger partial charge in [-0.25, -0.2) is 17.9 Å². The normalized spacial score (nSPS) is 13.8. The number of nitrogens with one attached hydrogen (secondary N) is 2. The fraction of sp³-hybridized carbons (Fsp3) is 0.194. The zero-order chi connectivity index (χ0) is 26.8. The highest BCUT2D eigenvalue weighted by Gasteiger charge is 2.49. The Morgan fingerprint density at radius 2 is 1.26 bits per heavy atom. The minimum absolute atomic E-state index is 0.112. The molecule has 0 unspecified atom stereocenters. The molecule has 0 amide bonds. The molecular weight excluding hydrogens is 496 g/mol. The second-order valence-electron chi connectivity index (χ2n) is 8.97. The first kappa shape index (κ1) is 27.3. The lowest BCUT2D eigenvalue weighted by Crippen LogP contribution is -2.62. The lowest BCUT2D eigenvalue weighted by atomic mass is 9.80. The zero-order valence-corrected chi connectivity index (χ0v) is 22.1. The molecule has 4 aromatic carbocycles. The summed E-state index contributed by atoms with van der Waals surface area (Å²) in [5.41, 5.74) is 0.973. The van der Waals surface area contributed by atoms with Gasteiger partial charge in [0, 0.05) is 13.0 Å². The van der Waals surface area contributed by atoms with Crippen molar-refractivity contribution in [3.05, 3.63) is 138 Å². The van der Waals surface area contributed by atoms with E-state index < -0.39 is 27.6 Å². The van der Waals surface area contributed by atoms with Crippen LogP contribution in [0.25, 0.3) is 0 Å². The van der Waals surface area contributed by atoms with E-state index in [1.807, 2.05) is 91.0 Å². The third-order valence-corrected chi connectivity index (χ3v) is 7.81. The van der Waals surface area contributed by atoms with Crippen LogP contribution in [0.4, 0.5) is 0 Å². The number of sulfonamides is 1. The van der Waals surface area contributed by atoms with Gasteiger partial charge in [-0.05, 0) is 35.7 Å². The van der Waals surface area contributed by atoms with Gasteiger partial charge in [-0.3, -0.25) is 5.32 Å². The topological polar surface area (TPSA) is 84.5 Å². The first-order valence-corrected chi connectivity index (χ1v) is 14.1. The van der Waals surface area contributed by atoms with Gasteiger partial charge in [-0.15, -0.1) is 0 Å². The van der Waals surface area contributed by atoms with Crippen molar-refractivity contribution in [1.82, 2.24) is 10.0 Å². The van der Waals surface area contributed by atoms with E-state index >= 15 is 0 Å². The molecular formula is C31H32N2O4S. The number of esters is 1. The van der Waals surface area contributed by atoms with Crippen LogP contribution < -0.4 is 10.0 Å². The number of rotatable bonds is 12. The van der Waals surface area contributed by atoms with E-state index in [9.17, 15) is 13.2 Å². The third-order valence-electron chi connectivity index (χ3n) is 6.37. The Morgan fingerprint density at radius 1 is 0.763 bits per heavy atom. The first-order valence-electron chi connectivity index (χ1n) is 12.6. The predicted molar refractivity (Wildman–Crippen MR) is 149 cm³/mol. The second kappa shape index (κ2) is 12.6. The molecule has 0 aliphatic heterocycles. The first-order chi connectivity index (χ1) is 18.4. The van der Waals surface area contributed by atoms with E-state index in [0.29, 0.717) is 12.1 Å². The molecule has 0 radical (unpaired) electrons. The molecule has 0 saturated carbocycles. The summed E-state index contributed by atoms with van der Waals surface area (Å²) in [6.45, 7) is 2.21. The number of hydrogen-bond donors (Lipinski definition) is 2. The molecule has 0 bridgehead atoms. The molecule has 2 N–H and O–H groups in total. The minimum atomic E-state index is -4.01. The molecule has 0 fully saturated rings. The molecule has 0 aliphatic carbocycles. The Kier molecular flexibility index (Phi) is 9.07. The van der Waals surface area contributed by atoms with Gasteiger partial charge in [0.1, 0.15) is 5.54 Å². The van der Waals surface area contributed by atoms with Gasteiger partial charge in [-0.1, -0.05) is 109 Å². The number of ether oxygens (including phenoxy) is 1. The van der Waals surface area contributed by atoms with Crippen LogP contribution in [0.2, 0.25) is 0 Å². The highest BCUT2D eigenvalue weighted by atomic mass is 32.2. The van der Waals surface area contributed by atoms with Crippen molar-refractivity contribution in [2.45, 2.75) is 36.4 Å². The van der Waals surface area contributed by atoms with Crippen LogP contribution in [-0.4, -0.2) is 26.5 Å². The molecule has 4 aromatic rings. The SMILES string of the molecule is CCOC(=O)[C@@](Cc1ccccc1)(NCc1ccccc1)[C@H](NS(=O)(=O)c1ccccc1)c1ccccc1. The van der Waals surface area contributed by atoms with Gasteiger partial charge in [0.2, 0.25) is 10.0 Å². The van der Waals surface area contributed by atoms with Crippen LogP contribution >= 0.6 is 0 Å². The zero-order valence-electron chi connectivity index (χ0n) is 21.3. The summed E-state index contributed by atoms with van der Waals surface area (Å²) in [6.07, 6.45) is 0.191. The van der Waals surface area contributed by atoms with Gasteiger partial charge in [0.05, 0.1) is 17.5 Å². The molecule has 7 heteroatoms. The summed E-state index contributed by atoms with van der Waals surface area (Å²) >= 11 is 0. The van der Waals surface area contributed by atoms with Gasteiger partial charge in [0.25, 0.3) is 0 Å². The predicted octanol–water partition coefficient (Wildman–Crippen LogP) is 5.04. The van der Waals surface area contributed by atoms with E-state index in [1.165, 1.54) is 12.1 Å². The van der Waals surface area contributed by atoms with Gasteiger partial charge in [0.15, 0.2) is 0 Å². The van der Waals surface area contributed by atoms with E-state index in [-0.39, 0.29) is 17.9 Å². The molecule has 0 saturated heterocycles. The Labute approximate surface area is 224 Å². The Bertz CT molecular complexity index is 1400. The Balaban J connectivity index is 1.89. The van der Waals surface area contributed by atoms with Gasteiger partial charge >= 0.3 is 5.97 Å². The summed E-state index contributed by atoms with van der Waals surface area (Å²) in [6, 6.07) is 35.5. The molecule has 0 aromatic heterocycles. The van der Waals surface area contributed by atoms with Crippen molar-refractivity contribution in [2.75, 3.05) is 6.61 Å². The summed E-state index contributed by atoms with van der Waals surface area (Å²) in [7, 11) is -4.01. The van der Waals surface area contributed by atoms with Crippen LogP contribution in [0.1, 0.15) is 29.7 Å². The molecule has 0 spiro atoms. The lowest BCUT2D eigenvalue weighted by Gasteiger charge is -2.40. The highest BCUT2D eigenvalue weighted by Crippen LogP contribution is 2.33. The van der Waals surface area contributed by atoms with Crippen molar-refractivity contribution in [3.63, 3.8) is 0 Å². The average Bonchev–Trinajstić information content (AvgIpc) is 2.96. The molecule has 4 rings (SSSR count). The molecule has 196 valence electrons. The average molecular weight is 529 g/mol. The van der Waals surface area contributed by atoms with Crippen LogP contribution in [0, 0.1) is 0 Å². The molecule has 0 aliphatic rings. The number of carbonyl (C=O) groups excluding carboxylic acids is 1. The minimum Gasteiger partial charge on any atom is -0.465 e. The van der Waals surface area contributed by atoms with Gasteiger partial charge in [-0.2, -0.15) is 0 Å². The van der Waals surface area contributed by atoms with E-state index in [0.717, 1.165) is 11.1 Å². The summed E-state index contributed by atoms with van der Waals surface area (Å²) in [4.78, 5) is 14.1. The monoisotopic (exact) mass is 528 g/mol. The maximum Gasteiger partial charge on any atom is 0.328 e. The smallest absolute Gasteiger partial charge is 0.328 e. The van der Waals surface area contributed by atoms with Crippen molar-refractivity contribution in [2.24, 2.45) is 0 Å². The van der Waals surface area contributed by atoms with E-state index in [2.05, 4.69) is 10.0 Å². The Morgan fingerprint density at radius 3 is 1.82 bits per heavy atom. The maximum atomic E-state index is 14.0. The maximum absolute atomic E-state index is 14.0. The van der Waals surface area contributed by atoms with Crippen LogP contribution in [-0.2, 0) is 32.5 Å². The third kappa shape index (κ3) is 6.55. The number of hydrogen-bond acceptors (Lipinski definition) is 5. The molecule has 0 heterocycles. The highest BCUT2D eigenvalue weighted by molar-refractivity contribution is 7.89. The van der Waals surface area contributed by atoms with Crippen molar-refractivity contribution < 1.29 is 17.9 Å². The molecule has 2 atom stereocenters.